The average molecular weight is 248 g/mol. The van der Waals surface area contributed by atoms with E-state index in [4.69, 9.17) is 5.26 Å². The van der Waals surface area contributed by atoms with Crippen molar-refractivity contribution in [2.45, 2.75) is 39.5 Å². The van der Waals surface area contributed by atoms with E-state index < -0.39 is 5.82 Å². The minimum atomic E-state index is -0.455. The fraction of sp³-hybridized carbons (Fsp3) is 0.533. The standard InChI is InChI=1S/C15H21FN2/c1-3-5-7-12(4-2)11-18-15-9-6-8-14(16)13(15)10-17/h6,8-9,12,18H,3-5,7,11H2,1-2H3. The molecule has 98 valence electrons. The molecule has 0 aliphatic rings. The molecule has 3 heteroatoms. The molecule has 0 amide bonds. The smallest absolute Gasteiger partial charge is 0.143 e. The van der Waals surface area contributed by atoms with Crippen molar-refractivity contribution in [1.82, 2.24) is 0 Å². The largest absolute Gasteiger partial charge is 0.384 e. The zero-order chi connectivity index (χ0) is 13.4. The topological polar surface area (TPSA) is 35.8 Å². The first kappa shape index (κ1) is 14.5. The van der Waals surface area contributed by atoms with E-state index in [-0.39, 0.29) is 5.56 Å². The van der Waals surface area contributed by atoms with Crippen molar-refractivity contribution < 1.29 is 4.39 Å². The molecule has 18 heavy (non-hydrogen) atoms. The minimum Gasteiger partial charge on any atom is -0.384 e. The number of halogens is 1. The van der Waals surface area contributed by atoms with Crippen LogP contribution in [0.25, 0.3) is 0 Å². The molecule has 0 saturated carbocycles. The Labute approximate surface area is 109 Å². The van der Waals surface area contributed by atoms with Crippen molar-refractivity contribution in [2.75, 3.05) is 11.9 Å². The summed E-state index contributed by atoms with van der Waals surface area (Å²) in [6, 6.07) is 6.62. The maximum absolute atomic E-state index is 13.4. The molecule has 1 rings (SSSR count). The van der Waals surface area contributed by atoms with Crippen LogP contribution in [0.3, 0.4) is 0 Å². The van der Waals surface area contributed by atoms with Crippen LogP contribution in [-0.4, -0.2) is 6.54 Å². The minimum absolute atomic E-state index is 0.114. The van der Waals surface area contributed by atoms with Crippen molar-refractivity contribution in [2.24, 2.45) is 5.92 Å². The molecule has 0 aliphatic carbocycles. The Morgan fingerprint density at radius 1 is 1.39 bits per heavy atom. The highest BCUT2D eigenvalue weighted by Gasteiger charge is 2.10. The fourth-order valence-corrected chi connectivity index (χ4v) is 1.98. The van der Waals surface area contributed by atoms with Crippen LogP contribution in [0, 0.1) is 23.1 Å². The maximum Gasteiger partial charge on any atom is 0.143 e. The van der Waals surface area contributed by atoms with Gasteiger partial charge < -0.3 is 5.32 Å². The van der Waals surface area contributed by atoms with Crippen LogP contribution in [0.5, 0.6) is 0 Å². The second-order valence-corrected chi connectivity index (χ2v) is 4.57. The molecular weight excluding hydrogens is 227 g/mol. The van der Waals surface area contributed by atoms with E-state index in [1.54, 1.807) is 12.1 Å². The SMILES string of the molecule is CCCCC(CC)CNc1cccc(F)c1C#N. The van der Waals surface area contributed by atoms with Gasteiger partial charge in [0.15, 0.2) is 0 Å². The van der Waals surface area contributed by atoms with Gasteiger partial charge in [0.25, 0.3) is 0 Å². The summed E-state index contributed by atoms with van der Waals surface area (Å²) in [5.74, 6) is 0.129. The lowest BCUT2D eigenvalue weighted by Gasteiger charge is -2.16. The van der Waals surface area contributed by atoms with E-state index in [1.807, 2.05) is 6.07 Å². The number of nitrogens with one attached hydrogen (secondary N) is 1. The molecule has 0 heterocycles. The summed E-state index contributed by atoms with van der Waals surface area (Å²) < 4.78 is 13.4. The lowest BCUT2D eigenvalue weighted by molar-refractivity contribution is 0.472. The zero-order valence-electron chi connectivity index (χ0n) is 11.2. The molecule has 0 aliphatic heterocycles. The second kappa shape index (κ2) is 7.71. The van der Waals surface area contributed by atoms with E-state index in [2.05, 4.69) is 19.2 Å². The van der Waals surface area contributed by atoms with Gasteiger partial charge in [-0.25, -0.2) is 4.39 Å². The zero-order valence-corrected chi connectivity index (χ0v) is 11.2. The molecular formula is C15H21FN2. The maximum atomic E-state index is 13.4. The van der Waals surface area contributed by atoms with E-state index in [1.165, 1.54) is 25.3 Å². The molecule has 1 N–H and O–H groups in total. The van der Waals surface area contributed by atoms with Gasteiger partial charge in [-0.3, -0.25) is 0 Å². The third-order valence-electron chi connectivity index (χ3n) is 3.25. The first-order chi connectivity index (χ1) is 8.72. The Hall–Kier alpha value is -1.56. The van der Waals surface area contributed by atoms with Crippen LogP contribution in [0.15, 0.2) is 18.2 Å². The first-order valence-electron chi connectivity index (χ1n) is 6.65. The number of anilines is 1. The number of nitriles is 1. The third kappa shape index (κ3) is 4.03. The highest BCUT2D eigenvalue weighted by Crippen LogP contribution is 2.20. The predicted molar refractivity (Wildman–Crippen MR) is 72.9 cm³/mol. The van der Waals surface area contributed by atoms with Crippen LogP contribution in [0.4, 0.5) is 10.1 Å². The van der Waals surface area contributed by atoms with E-state index in [0.29, 0.717) is 11.6 Å². The highest BCUT2D eigenvalue weighted by atomic mass is 19.1. The number of unbranched alkanes of at least 4 members (excludes halogenated alkanes) is 1. The fourth-order valence-electron chi connectivity index (χ4n) is 1.98. The summed E-state index contributed by atoms with van der Waals surface area (Å²) in [7, 11) is 0. The molecule has 0 radical (unpaired) electrons. The monoisotopic (exact) mass is 248 g/mol. The average Bonchev–Trinajstić information content (AvgIpc) is 2.39. The molecule has 1 atom stereocenters. The van der Waals surface area contributed by atoms with Crippen LogP contribution in [-0.2, 0) is 0 Å². The Balaban J connectivity index is 2.62. The quantitative estimate of drug-likeness (QED) is 0.779. The van der Waals surface area contributed by atoms with E-state index in [9.17, 15) is 4.39 Å². The van der Waals surface area contributed by atoms with Crippen molar-refractivity contribution in [3.8, 4) is 6.07 Å². The van der Waals surface area contributed by atoms with Crippen molar-refractivity contribution in [3.63, 3.8) is 0 Å². The van der Waals surface area contributed by atoms with E-state index >= 15 is 0 Å². The molecule has 0 bridgehead atoms. The van der Waals surface area contributed by atoms with Gasteiger partial charge in [0, 0.05) is 6.54 Å². The summed E-state index contributed by atoms with van der Waals surface area (Å²) in [6.45, 7) is 5.15. The Morgan fingerprint density at radius 3 is 2.78 bits per heavy atom. The lowest BCUT2D eigenvalue weighted by atomic mass is 9.99. The van der Waals surface area contributed by atoms with Crippen LogP contribution < -0.4 is 5.32 Å². The number of nitrogens with zero attached hydrogens (tertiary/aromatic N) is 1. The predicted octanol–water partition coefficient (Wildman–Crippen LogP) is 4.33. The van der Waals surface area contributed by atoms with Gasteiger partial charge in [0.1, 0.15) is 17.4 Å². The van der Waals surface area contributed by atoms with Gasteiger partial charge in [-0.1, -0.05) is 39.2 Å². The Kier molecular flexibility index (Phi) is 6.21. The molecule has 0 fully saturated rings. The Morgan fingerprint density at radius 2 is 2.17 bits per heavy atom. The summed E-state index contributed by atoms with van der Waals surface area (Å²) in [6.07, 6.45) is 4.69. The van der Waals surface area contributed by atoms with Gasteiger partial charge >= 0.3 is 0 Å². The molecule has 1 aromatic rings. The molecule has 1 unspecified atom stereocenters. The molecule has 2 nitrogen and oxygen atoms in total. The summed E-state index contributed by atoms with van der Waals surface area (Å²) in [5, 5.41) is 12.1. The number of hydrogen-bond acceptors (Lipinski definition) is 2. The number of rotatable bonds is 7. The van der Waals surface area contributed by atoms with Gasteiger partial charge in [-0.15, -0.1) is 0 Å². The van der Waals surface area contributed by atoms with Gasteiger partial charge in [-0.2, -0.15) is 5.26 Å². The number of benzene rings is 1. The van der Waals surface area contributed by atoms with Crippen molar-refractivity contribution in [1.29, 1.82) is 5.26 Å². The third-order valence-corrected chi connectivity index (χ3v) is 3.25. The highest BCUT2D eigenvalue weighted by molar-refractivity contribution is 5.57. The normalized spacial score (nSPS) is 11.9. The molecule has 0 saturated heterocycles. The first-order valence-corrected chi connectivity index (χ1v) is 6.65. The van der Waals surface area contributed by atoms with Gasteiger partial charge in [0.2, 0.25) is 0 Å². The Bertz CT molecular complexity index is 409. The van der Waals surface area contributed by atoms with Gasteiger partial charge in [0.05, 0.1) is 5.69 Å². The summed E-state index contributed by atoms with van der Waals surface area (Å²) in [4.78, 5) is 0. The van der Waals surface area contributed by atoms with Crippen LogP contribution in [0.1, 0.15) is 45.1 Å². The van der Waals surface area contributed by atoms with Crippen LogP contribution in [0.2, 0.25) is 0 Å². The second-order valence-electron chi connectivity index (χ2n) is 4.57. The van der Waals surface area contributed by atoms with Crippen molar-refractivity contribution in [3.05, 3.63) is 29.6 Å². The lowest BCUT2D eigenvalue weighted by Crippen LogP contribution is -2.14. The number of hydrogen-bond donors (Lipinski definition) is 1. The van der Waals surface area contributed by atoms with E-state index in [0.717, 1.165) is 13.0 Å². The van der Waals surface area contributed by atoms with Crippen LogP contribution >= 0.6 is 0 Å². The summed E-state index contributed by atoms with van der Waals surface area (Å²) >= 11 is 0. The molecule has 0 aromatic heterocycles. The van der Waals surface area contributed by atoms with Gasteiger partial charge in [-0.05, 0) is 24.5 Å². The summed E-state index contributed by atoms with van der Waals surface area (Å²) in [5.41, 5.74) is 0.718. The molecule has 1 aromatic carbocycles. The molecule has 0 spiro atoms. The van der Waals surface area contributed by atoms with Crippen molar-refractivity contribution >= 4 is 5.69 Å².